The molecule has 0 aliphatic heterocycles. The monoisotopic (exact) mass is 616 g/mol. The Labute approximate surface area is 275 Å². The number of methoxy groups -OCH3 is 2. The molecular weight excluding hydrogens is 586 g/mol. The molecule has 12 heteroatoms. The van der Waals surface area contributed by atoms with Crippen LogP contribution in [0.25, 0.3) is 16.6 Å². The van der Waals surface area contributed by atoms with Crippen molar-refractivity contribution in [2.45, 2.75) is 46.3 Å². The summed E-state index contributed by atoms with van der Waals surface area (Å²) in [4.78, 5) is 26.7. The summed E-state index contributed by atoms with van der Waals surface area (Å²) in [5.41, 5.74) is 1.15. The standard InChI is InChI=1S/C31H31FN2O7S.Na/c1-16(2)40-27-13-18(12-26(39-6)30(27)41-17(3)4)11-21(29(35)20-8-10-25(38-5)22(32)14-20)28(31(36)37)19-7-9-23-24(15-19)34-42-33-23;/h7-10,12-17H,11H2,1-6H3,(H,36,37);/q;+1/p-1. The number of aliphatic carboxylic acids is 1. The van der Waals surface area contributed by atoms with Crippen LogP contribution in [0.2, 0.25) is 0 Å². The summed E-state index contributed by atoms with van der Waals surface area (Å²) in [6.07, 6.45) is -0.604. The van der Waals surface area contributed by atoms with Crippen molar-refractivity contribution in [2.75, 3.05) is 14.2 Å². The van der Waals surface area contributed by atoms with Crippen LogP contribution in [0.15, 0.2) is 54.1 Å². The van der Waals surface area contributed by atoms with Gasteiger partial charge in [0.1, 0.15) is 11.0 Å². The van der Waals surface area contributed by atoms with Crippen molar-refractivity contribution in [2.24, 2.45) is 0 Å². The average Bonchev–Trinajstić information content (AvgIpc) is 3.41. The molecule has 0 spiro atoms. The van der Waals surface area contributed by atoms with Crippen molar-refractivity contribution < 1.29 is 67.6 Å². The molecule has 0 aliphatic carbocycles. The number of benzene rings is 3. The van der Waals surface area contributed by atoms with Crippen LogP contribution in [-0.2, 0) is 11.2 Å². The number of hydrogen-bond donors (Lipinski definition) is 0. The number of aromatic nitrogens is 2. The van der Waals surface area contributed by atoms with Crippen molar-refractivity contribution in [3.63, 3.8) is 0 Å². The second kappa shape index (κ2) is 14.8. The zero-order valence-electron chi connectivity index (χ0n) is 25.0. The van der Waals surface area contributed by atoms with Gasteiger partial charge in [-0.2, -0.15) is 8.75 Å². The van der Waals surface area contributed by atoms with Crippen molar-refractivity contribution in [3.05, 3.63) is 76.6 Å². The Kier molecular flexibility index (Phi) is 11.7. The third-order valence-corrected chi connectivity index (χ3v) is 6.69. The summed E-state index contributed by atoms with van der Waals surface area (Å²) < 4.78 is 45.6. The molecule has 4 rings (SSSR count). The molecule has 0 saturated carbocycles. The van der Waals surface area contributed by atoms with E-state index in [0.717, 1.165) is 17.8 Å². The Balaban J connectivity index is 0.00000506. The molecule has 0 unspecified atom stereocenters. The molecule has 0 N–H and O–H groups in total. The Hall–Kier alpha value is -3.51. The van der Waals surface area contributed by atoms with Crippen molar-refractivity contribution in [3.8, 4) is 23.0 Å². The van der Waals surface area contributed by atoms with E-state index in [4.69, 9.17) is 18.9 Å². The minimum absolute atomic E-state index is 0. The third kappa shape index (κ3) is 7.91. The Bertz CT molecular complexity index is 1670. The van der Waals surface area contributed by atoms with Gasteiger partial charge in [0.25, 0.3) is 0 Å². The van der Waals surface area contributed by atoms with Gasteiger partial charge in [-0.05, 0) is 81.3 Å². The number of allylic oxidation sites excluding steroid dienone is 1. The second-order valence-corrected chi connectivity index (χ2v) is 10.5. The molecule has 0 atom stereocenters. The molecule has 3 aromatic carbocycles. The van der Waals surface area contributed by atoms with E-state index >= 15 is 0 Å². The topological polar surface area (TPSA) is 120 Å². The van der Waals surface area contributed by atoms with Gasteiger partial charge in [0, 0.05) is 23.1 Å². The van der Waals surface area contributed by atoms with Gasteiger partial charge in [-0.3, -0.25) is 4.79 Å². The number of halogens is 1. The van der Waals surface area contributed by atoms with E-state index in [2.05, 4.69) is 8.75 Å². The van der Waals surface area contributed by atoms with Gasteiger partial charge in [0.2, 0.25) is 5.75 Å². The number of carboxylic acid groups (broad SMARTS) is 1. The number of nitrogens with zero attached hydrogens (tertiary/aromatic N) is 2. The number of carboxylic acids is 1. The fourth-order valence-electron chi connectivity index (χ4n) is 4.40. The van der Waals surface area contributed by atoms with Crippen LogP contribution in [0.4, 0.5) is 4.39 Å². The molecule has 0 radical (unpaired) electrons. The summed E-state index contributed by atoms with van der Waals surface area (Å²) in [6.45, 7) is 7.42. The van der Waals surface area contributed by atoms with Crippen LogP contribution in [-0.4, -0.2) is 46.9 Å². The molecule has 9 nitrogen and oxygen atoms in total. The van der Waals surface area contributed by atoms with Gasteiger partial charge in [-0.25, -0.2) is 4.39 Å². The molecule has 1 heterocycles. The maximum absolute atomic E-state index is 14.7. The summed E-state index contributed by atoms with van der Waals surface area (Å²) >= 11 is 0.978. The van der Waals surface area contributed by atoms with Gasteiger partial charge in [-0.1, -0.05) is 6.07 Å². The number of hydrogen-bond acceptors (Lipinski definition) is 10. The molecule has 43 heavy (non-hydrogen) atoms. The van der Waals surface area contributed by atoms with Gasteiger partial charge in [0.05, 0.1) is 44.1 Å². The predicted octanol–water partition coefficient (Wildman–Crippen LogP) is 2.06. The van der Waals surface area contributed by atoms with Gasteiger partial charge in [0.15, 0.2) is 28.8 Å². The molecule has 0 aliphatic rings. The Morgan fingerprint density at radius 3 is 2.07 bits per heavy atom. The van der Waals surface area contributed by atoms with Crippen LogP contribution < -0.4 is 53.6 Å². The number of Topliss-reactive ketones (excluding diaryl/α,β-unsaturated/α-hetero) is 1. The van der Waals surface area contributed by atoms with E-state index in [1.165, 1.54) is 38.5 Å². The maximum atomic E-state index is 14.7. The van der Waals surface area contributed by atoms with E-state index in [1.54, 1.807) is 18.2 Å². The number of rotatable bonds is 12. The molecule has 4 aromatic rings. The van der Waals surface area contributed by atoms with Crippen LogP contribution >= 0.6 is 11.7 Å². The number of fused-ring (bicyclic) bond motifs is 1. The number of ether oxygens (including phenoxy) is 4. The first-order valence-electron chi connectivity index (χ1n) is 13.1. The molecule has 220 valence electrons. The largest absolute Gasteiger partial charge is 1.00 e. The van der Waals surface area contributed by atoms with E-state index in [1.807, 2.05) is 27.7 Å². The molecule has 0 saturated heterocycles. The van der Waals surface area contributed by atoms with Gasteiger partial charge >= 0.3 is 29.6 Å². The van der Waals surface area contributed by atoms with E-state index in [-0.39, 0.29) is 76.2 Å². The third-order valence-electron chi connectivity index (χ3n) is 6.13. The van der Waals surface area contributed by atoms with Gasteiger partial charge in [-0.15, -0.1) is 0 Å². The first kappa shape index (κ1) is 34.0. The van der Waals surface area contributed by atoms with Crippen LogP contribution in [0.5, 0.6) is 23.0 Å². The van der Waals surface area contributed by atoms with Crippen LogP contribution in [0.1, 0.15) is 49.2 Å². The SMILES string of the molecule is COc1ccc(C(=O)C(Cc2cc(OC)c(OC(C)C)c(OC(C)C)c2)=C(C(=O)[O-])c2ccc3nsnc3c2)cc1F.[Na+]. The van der Waals surface area contributed by atoms with E-state index in [0.29, 0.717) is 33.8 Å². The number of carbonyl (C=O) groups excluding carboxylic acids is 2. The molecular formula is C31H30FN2NaO7S. The van der Waals surface area contributed by atoms with E-state index in [9.17, 15) is 19.1 Å². The summed E-state index contributed by atoms with van der Waals surface area (Å²) in [5.74, 6) is -2.04. The normalized spacial score (nSPS) is 11.7. The fourth-order valence-corrected chi connectivity index (χ4v) is 4.92. The second-order valence-electron chi connectivity index (χ2n) is 9.92. The summed E-state index contributed by atoms with van der Waals surface area (Å²) in [5, 5.41) is 12.7. The summed E-state index contributed by atoms with van der Waals surface area (Å²) in [6, 6.07) is 11.7. The quantitative estimate of drug-likeness (QED) is 0.134. The minimum atomic E-state index is -1.58. The zero-order valence-corrected chi connectivity index (χ0v) is 27.8. The molecule has 0 fully saturated rings. The molecule has 0 bridgehead atoms. The maximum Gasteiger partial charge on any atom is 1.00 e. The van der Waals surface area contributed by atoms with Crippen molar-refractivity contribution >= 4 is 40.1 Å². The number of carbonyl (C=O) groups is 2. The van der Waals surface area contributed by atoms with Crippen LogP contribution in [0, 0.1) is 5.82 Å². The zero-order chi connectivity index (χ0) is 30.6. The Morgan fingerprint density at radius 2 is 1.47 bits per heavy atom. The average molecular weight is 617 g/mol. The van der Waals surface area contributed by atoms with Crippen molar-refractivity contribution in [1.29, 1.82) is 0 Å². The van der Waals surface area contributed by atoms with Crippen LogP contribution in [0.3, 0.4) is 0 Å². The van der Waals surface area contributed by atoms with Crippen molar-refractivity contribution in [1.82, 2.24) is 8.75 Å². The summed E-state index contributed by atoms with van der Waals surface area (Å²) in [7, 11) is 2.77. The van der Waals surface area contributed by atoms with Gasteiger partial charge < -0.3 is 28.8 Å². The Morgan fingerprint density at radius 1 is 0.837 bits per heavy atom. The first-order valence-corrected chi connectivity index (χ1v) is 13.8. The number of ketones is 1. The predicted molar refractivity (Wildman–Crippen MR) is 155 cm³/mol. The molecule has 0 amide bonds. The van der Waals surface area contributed by atoms with E-state index < -0.39 is 17.6 Å². The smallest absolute Gasteiger partial charge is 0.545 e. The molecule has 1 aromatic heterocycles. The fraction of sp³-hybridized carbons (Fsp3) is 0.290. The first-order chi connectivity index (χ1) is 20.0. The minimum Gasteiger partial charge on any atom is -0.545 e.